The standard InChI is InChI=1S/C8H12ClN3O/c1-4(10)7(13)5-2-6(11)8(9)12-3-5/h2-4,7,13H,10-11H2,1H3/t4-,7+/m1/s1. The summed E-state index contributed by atoms with van der Waals surface area (Å²) in [5.74, 6) is 0. The molecule has 0 aromatic carbocycles. The van der Waals surface area contributed by atoms with Gasteiger partial charge in [-0.15, -0.1) is 0 Å². The summed E-state index contributed by atoms with van der Waals surface area (Å²) in [6.45, 7) is 1.70. The highest BCUT2D eigenvalue weighted by Crippen LogP contribution is 2.21. The molecule has 0 saturated carbocycles. The SMILES string of the molecule is C[C@@H](N)[C@H](O)c1cnc(Cl)c(N)c1. The lowest BCUT2D eigenvalue weighted by molar-refractivity contribution is 0.153. The van der Waals surface area contributed by atoms with Gasteiger partial charge in [0.25, 0.3) is 0 Å². The monoisotopic (exact) mass is 201 g/mol. The summed E-state index contributed by atoms with van der Waals surface area (Å²) in [6, 6.07) is 1.21. The van der Waals surface area contributed by atoms with Gasteiger partial charge in [0.15, 0.2) is 5.15 Å². The average molecular weight is 202 g/mol. The zero-order valence-corrected chi connectivity index (χ0v) is 7.99. The highest BCUT2D eigenvalue weighted by atomic mass is 35.5. The van der Waals surface area contributed by atoms with Crippen molar-refractivity contribution in [1.29, 1.82) is 0 Å². The molecular formula is C8H12ClN3O. The van der Waals surface area contributed by atoms with Crippen LogP contribution in [0.3, 0.4) is 0 Å². The normalized spacial score (nSPS) is 15.4. The van der Waals surface area contributed by atoms with Crippen molar-refractivity contribution in [2.75, 3.05) is 5.73 Å². The van der Waals surface area contributed by atoms with Crippen LogP contribution in [0.1, 0.15) is 18.6 Å². The maximum atomic E-state index is 9.55. The molecule has 1 aromatic rings. The van der Waals surface area contributed by atoms with Gasteiger partial charge in [-0.25, -0.2) is 4.98 Å². The van der Waals surface area contributed by atoms with Gasteiger partial charge >= 0.3 is 0 Å². The van der Waals surface area contributed by atoms with Gasteiger partial charge < -0.3 is 16.6 Å². The summed E-state index contributed by atoms with van der Waals surface area (Å²) < 4.78 is 0. The van der Waals surface area contributed by atoms with Gasteiger partial charge in [0.2, 0.25) is 0 Å². The first kappa shape index (κ1) is 10.2. The Morgan fingerprint density at radius 1 is 1.62 bits per heavy atom. The molecule has 2 atom stereocenters. The predicted molar refractivity (Wildman–Crippen MR) is 52.3 cm³/mol. The molecule has 0 aliphatic rings. The van der Waals surface area contributed by atoms with E-state index in [1.165, 1.54) is 6.20 Å². The van der Waals surface area contributed by atoms with Crippen LogP contribution in [0, 0.1) is 0 Å². The second-order valence-electron chi connectivity index (χ2n) is 2.95. The molecule has 0 spiro atoms. The van der Waals surface area contributed by atoms with Gasteiger partial charge in [-0.3, -0.25) is 0 Å². The van der Waals surface area contributed by atoms with Crippen molar-refractivity contribution in [3.05, 3.63) is 23.0 Å². The Morgan fingerprint density at radius 2 is 2.23 bits per heavy atom. The Labute approximate surface area is 81.5 Å². The predicted octanol–water partition coefficient (Wildman–Crippen LogP) is 0.698. The van der Waals surface area contributed by atoms with Crippen molar-refractivity contribution >= 4 is 17.3 Å². The van der Waals surface area contributed by atoms with Crippen molar-refractivity contribution in [3.63, 3.8) is 0 Å². The van der Waals surface area contributed by atoms with E-state index in [9.17, 15) is 5.11 Å². The Morgan fingerprint density at radius 3 is 2.69 bits per heavy atom. The molecule has 0 amide bonds. The quantitative estimate of drug-likeness (QED) is 0.615. The summed E-state index contributed by atoms with van der Waals surface area (Å²) in [5, 5.41) is 9.79. The molecule has 0 aliphatic carbocycles. The van der Waals surface area contributed by atoms with E-state index in [1.54, 1.807) is 13.0 Å². The third-order valence-corrected chi connectivity index (χ3v) is 2.04. The maximum Gasteiger partial charge on any atom is 0.151 e. The van der Waals surface area contributed by atoms with Crippen LogP contribution in [0.15, 0.2) is 12.3 Å². The number of nitrogens with zero attached hydrogens (tertiary/aromatic N) is 1. The number of anilines is 1. The summed E-state index contributed by atoms with van der Waals surface area (Å²) in [4.78, 5) is 3.81. The molecule has 1 aromatic heterocycles. The molecule has 5 N–H and O–H groups in total. The molecule has 1 heterocycles. The van der Waals surface area contributed by atoms with Crippen LogP contribution in [0.2, 0.25) is 5.15 Å². The van der Waals surface area contributed by atoms with Crippen LogP contribution in [0.5, 0.6) is 0 Å². The number of aromatic nitrogens is 1. The highest BCUT2D eigenvalue weighted by Gasteiger charge is 2.13. The first-order valence-electron chi connectivity index (χ1n) is 3.87. The van der Waals surface area contributed by atoms with Crippen LogP contribution in [-0.4, -0.2) is 16.1 Å². The summed E-state index contributed by atoms with van der Waals surface area (Å²) >= 11 is 5.62. The fourth-order valence-corrected chi connectivity index (χ4v) is 1.05. The zero-order valence-electron chi connectivity index (χ0n) is 7.24. The first-order chi connectivity index (χ1) is 6.02. The highest BCUT2D eigenvalue weighted by molar-refractivity contribution is 6.31. The zero-order chi connectivity index (χ0) is 10.0. The van der Waals surface area contributed by atoms with Crippen molar-refractivity contribution in [1.82, 2.24) is 4.98 Å². The van der Waals surface area contributed by atoms with E-state index in [4.69, 9.17) is 23.1 Å². The Balaban J connectivity index is 2.97. The number of nitrogen functional groups attached to an aromatic ring is 1. The fourth-order valence-electron chi connectivity index (χ4n) is 0.947. The van der Waals surface area contributed by atoms with Crippen molar-refractivity contribution in [2.45, 2.75) is 19.1 Å². The fraction of sp³-hybridized carbons (Fsp3) is 0.375. The van der Waals surface area contributed by atoms with Crippen LogP contribution < -0.4 is 11.5 Å². The molecule has 0 saturated heterocycles. The maximum absolute atomic E-state index is 9.55. The Hall–Kier alpha value is -0.840. The van der Waals surface area contributed by atoms with Crippen molar-refractivity contribution < 1.29 is 5.11 Å². The van der Waals surface area contributed by atoms with Crippen LogP contribution >= 0.6 is 11.6 Å². The molecule has 13 heavy (non-hydrogen) atoms. The number of hydrogen-bond donors (Lipinski definition) is 3. The topological polar surface area (TPSA) is 85.2 Å². The number of rotatable bonds is 2. The Bertz CT molecular complexity index is 303. The lowest BCUT2D eigenvalue weighted by Crippen LogP contribution is -2.24. The van der Waals surface area contributed by atoms with Crippen molar-refractivity contribution in [3.8, 4) is 0 Å². The minimum Gasteiger partial charge on any atom is -0.396 e. The Kier molecular flexibility index (Phi) is 3.08. The number of aliphatic hydroxyl groups is 1. The first-order valence-corrected chi connectivity index (χ1v) is 4.24. The van der Waals surface area contributed by atoms with E-state index in [0.29, 0.717) is 11.3 Å². The molecular weight excluding hydrogens is 190 g/mol. The van der Waals surface area contributed by atoms with E-state index in [2.05, 4.69) is 4.98 Å². The molecule has 4 nitrogen and oxygen atoms in total. The molecule has 0 fully saturated rings. The molecule has 5 heteroatoms. The minimum absolute atomic E-state index is 0.237. The molecule has 0 radical (unpaired) electrons. The molecule has 1 rings (SSSR count). The van der Waals surface area contributed by atoms with Gasteiger partial charge in [-0.2, -0.15) is 0 Å². The van der Waals surface area contributed by atoms with Gasteiger partial charge in [0, 0.05) is 17.8 Å². The van der Waals surface area contributed by atoms with E-state index >= 15 is 0 Å². The number of hydrogen-bond acceptors (Lipinski definition) is 4. The molecule has 72 valence electrons. The molecule has 0 bridgehead atoms. The second kappa shape index (κ2) is 3.91. The van der Waals surface area contributed by atoms with E-state index in [0.717, 1.165) is 0 Å². The summed E-state index contributed by atoms with van der Waals surface area (Å²) in [7, 11) is 0. The van der Waals surface area contributed by atoms with Gasteiger partial charge in [0.05, 0.1) is 11.8 Å². The van der Waals surface area contributed by atoms with Gasteiger partial charge in [-0.05, 0) is 13.0 Å². The van der Waals surface area contributed by atoms with E-state index < -0.39 is 6.10 Å². The van der Waals surface area contributed by atoms with Gasteiger partial charge in [-0.1, -0.05) is 11.6 Å². The van der Waals surface area contributed by atoms with Gasteiger partial charge in [0.1, 0.15) is 0 Å². The lowest BCUT2D eigenvalue weighted by atomic mass is 10.1. The minimum atomic E-state index is -0.757. The third-order valence-electron chi connectivity index (χ3n) is 1.73. The van der Waals surface area contributed by atoms with Crippen molar-refractivity contribution in [2.24, 2.45) is 5.73 Å². The van der Waals surface area contributed by atoms with Crippen LogP contribution in [-0.2, 0) is 0 Å². The van der Waals surface area contributed by atoms with Crippen LogP contribution in [0.25, 0.3) is 0 Å². The number of aliphatic hydroxyl groups excluding tert-OH is 1. The van der Waals surface area contributed by atoms with E-state index in [1.807, 2.05) is 0 Å². The number of pyridine rings is 1. The average Bonchev–Trinajstić information content (AvgIpc) is 2.08. The smallest absolute Gasteiger partial charge is 0.151 e. The summed E-state index contributed by atoms with van der Waals surface area (Å²) in [5.41, 5.74) is 11.9. The third kappa shape index (κ3) is 2.30. The lowest BCUT2D eigenvalue weighted by Gasteiger charge is -2.14. The molecule has 0 unspecified atom stereocenters. The summed E-state index contributed by atoms with van der Waals surface area (Å²) in [6.07, 6.45) is 0.708. The number of nitrogens with two attached hydrogens (primary N) is 2. The molecule has 0 aliphatic heterocycles. The largest absolute Gasteiger partial charge is 0.396 e. The second-order valence-corrected chi connectivity index (χ2v) is 3.31. The van der Waals surface area contributed by atoms with E-state index in [-0.39, 0.29) is 11.2 Å². The number of halogens is 1. The van der Waals surface area contributed by atoms with Crippen LogP contribution in [0.4, 0.5) is 5.69 Å².